The molecule has 0 aromatic carbocycles. The van der Waals surface area contributed by atoms with Crippen molar-refractivity contribution in [3.05, 3.63) is 0 Å². The van der Waals surface area contributed by atoms with Crippen LogP contribution in [0.2, 0.25) is 0 Å². The molecule has 0 aromatic rings. The van der Waals surface area contributed by atoms with Crippen LogP contribution in [-0.2, 0) is 101 Å². The lowest BCUT2D eigenvalue weighted by atomic mass is 9.94. The number of carboxylic acid groups (broad SMARTS) is 2. The number of ether oxygens (including phenoxy) is 7. The average Bonchev–Trinajstić information content (AvgIpc) is 3.13. The van der Waals surface area contributed by atoms with Gasteiger partial charge in [-0.1, -0.05) is 0 Å². The highest BCUT2D eigenvalue weighted by Crippen LogP contribution is 2.36. The molecule has 20 atom stereocenters. The Morgan fingerprint density at radius 3 is 1.38 bits per heavy atom. The molecule has 4 aliphatic heterocycles. The van der Waals surface area contributed by atoms with E-state index in [1.807, 2.05) is 0 Å². The summed E-state index contributed by atoms with van der Waals surface area (Å²) in [6.07, 6.45) is -44.0. The molecule has 0 saturated carbocycles. The van der Waals surface area contributed by atoms with Gasteiger partial charge in [0.25, 0.3) is 0 Å². The number of aliphatic hydroxyl groups is 6. The van der Waals surface area contributed by atoms with Crippen molar-refractivity contribution in [2.45, 2.75) is 123 Å². The van der Waals surface area contributed by atoms with Crippen molar-refractivity contribution in [1.29, 1.82) is 0 Å². The van der Waals surface area contributed by atoms with E-state index in [4.69, 9.17) is 53.7 Å². The number of hydrogen-bond donors (Lipinski definition) is 14. The Kier molecular flexibility index (Phi) is 17.3. The topological polar surface area (TPSA) is 567 Å². The predicted octanol–water partition coefficient (Wildman–Crippen LogP) is -10.3. The Morgan fingerprint density at radius 1 is 0.460 bits per heavy atom. The van der Waals surface area contributed by atoms with Crippen LogP contribution in [0.1, 0.15) is 0 Å². The molecular weight excluding hydrogens is 973 g/mol. The molecule has 39 heteroatoms. The first-order valence-corrected chi connectivity index (χ1v) is 22.3. The van der Waals surface area contributed by atoms with E-state index in [1.165, 1.54) is 0 Å². The van der Waals surface area contributed by atoms with Crippen LogP contribution in [0.4, 0.5) is 0 Å². The monoisotopic (exact) mass is 1010 g/mol. The first-order chi connectivity index (χ1) is 28.7. The van der Waals surface area contributed by atoms with Gasteiger partial charge in [0.1, 0.15) is 67.1 Å². The molecule has 35 nitrogen and oxygen atoms in total. The van der Waals surface area contributed by atoms with Crippen LogP contribution in [0.25, 0.3) is 0 Å². The summed E-state index contributed by atoms with van der Waals surface area (Å²) in [5, 5.41) is 83.4. The number of carboxylic acids is 2. The number of aliphatic carboxylic acids is 2. The van der Waals surface area contributed by atoms with Crippen LogP contribution in [0.15, 0.2) is 0 Å². The first-order valence-electron chi connectivity index (χ1n) is 16.9. The van der Waals surface area contributed by atoms with E-state index in [-0.39, 0.29) is 0 Å². The van der Waals surface area contributed by atoms with Crippen molar-refractivity contribution < 1.29 is 152 Å². The summed E-state index contributed by atoms with van der Waals surface area (Å²) in [6.45, 7) is -2.80. The van der Waals surface area contributed by atoms with Crippen molar-refractivity contribution in [3.63, 3.8) is 0 Å². The third-order valence-corrected chi connectivity index (χ3v) is 10.9. The van der Waals surface area contributed by atoms with Crippen LogP contribution in [-0.4, -0.2) is 241 Å². The lowest BCUT2D eigenvalue weighted by Crippen LogP contribution is -2.70. The first kappa shape index (κ1) is 53.4. The van der Waals surface area contributed by atoms with E-state index in [9.17, 15) is 93.2 Å². The fourth-order valence-electron chi connectivity index (χ4n) is 6.33. The average molecular weight is 1010 g/mol. The molecular formula is C24H40N2O33S4. The summed E-state index contributed by atoms with van der Waals surface area (Å²) in [6, 6.07) is -4.24. The van der Waals surface area contributed by atoms with Gasteiger partial charge in [0.2, 0.25) is 0 Å². The molecule has 0 amide bonds. The van der Waals surface area contributed by atoms with Gasteiger partial charge in [0, 0.05) is 0 Å². The van der Waals surface area contributed by atoms with Crippen LogP contribution in [0.3, 0.4) is 0 Å². The van der Waals surface area contributed by atoms with Gasteiger partial charge in [-0.05, 0) is 0 Å². The number of aliphatic hydroxyl groups excluding tert-OH is 6. The SMILES string of the molecule is N[C@H]1[C@@H](O[C@H]2[C@H](O)[C@@H](O)[C@H](O[C@H]3[C@H](OS(=O)(=O)O)[C@@H](N)[C@@H](O[C@H]4[C@H](O)[C@@H](OS(=O)(=O)O)[C@H](O)O[C@H]4C(=O)O)O[C@@H]3COS(=O)(=O)O)O[C@@H]2C(=O)O)O[C@H](COS(=O)(=O)O)[C@@H](O)[C@@H]1O. The molecule has 4 heterocycles. The van der Waals surface area contributed by atoms with Gasteiger partial charge in [-0.25, -0.2) is 26.3 Å². The van der Waals surface area contributed by atoms with E-state index in [2.05, 4.69) is 16.7 Å². The zero-order valence-electron chi connectivity index (χ0n) is 30.7. The van der Waals surface area contributed by atoms with E-state index in [0.717, 1.165) is 0 Å². The van der Waals surface area contributed by atoms with Crippen molar-refractivity contribution in [3.8, 4) is 0 Å². The maximum absolute atomic E-state index is 12.4. The Labute approximate surface area is 352 Å². The quantitative estimate of drug-likeness (QED) is 0.0567. The minimum absolute atomic E-state index is 1.21. The fraction of sp³-hybridized carbons (Fsp3) is 0.917. The molecule has 4 saturated heterocycles. The second kappa shape index (κ2) is 20.4. The van der Waals surface area contributed by atoms with Crippen molar-refractivity contribution in [2.75, 3.05) is 13.2 Å². The highest BCUT2D eigenvalue weighted by atomic mass is 32.3. The Hall–Kier alpha value is -2.18. The summed E-state index contributed by atoms with van der Waals surface area (Å²) in [5.74, 6) is -4.17. The highest BCUT2D eigenvalue weighted by molar-refractivity contribution is 7.81. The van der Waals surface area contributed by atoms with E-state index in [0.29, 0.717) is 0 Å². The molecule has 0 bridgehead atoms. The van der Waals surface area contributed by atoms with Crippen LogP contribution in [0.5, 0.6) is 0 Å². The van der Waals surface area contributed by atoms with Gasteiger partial charge in [0.05, 0.1) is 25.3 Å². The largest absolute Gasteiger partial charge is 0.479 e. The minimum atomic E-state index is -5.81. The van der Waals surface area contributed by atoms with E-state index >= 15 is 0 Å². The molecule has 16 N–H and O–H groups in total. The van der Waals surface area contributed by atoms with Crippen LogP contribution in [0, 0.1) is 0 Å². The van der Waals surface area contributed by atoms with Crippen molar-refractivity contribution >= 4 is 53.5 Å². The molecule has 0 radical (unpaired) electrons. The van der Waals surface area contributed by atoms with Gasteiger partial charge in [0.15, 0.2) is 43.5 Å². The highest BCUT2D eigenvalue weighted by Gasteiger charge is 2.58. The molecule has 0 unspecified atom stereocenters. The molecule has 0 spiro atoms. The van der Waals surface area contributed by atoms with Gasteiger partial charge >= 0.3 is 53.5 Å². The van der Waals surface area contributed by atoms with Crippen molar-refractivity contribution in [1.82, 2.24) is 0 Å². The standard InChI is InChI=1S/C24H40N2O33S4/c25-5-8(28)7(27)3(1-49-60(37,38)39)51-22(5)55-14-9(29)10(30)24(57-18(14)20(34)35)54-12-4(2-50-61(40,41)42)52-23(6(26)13(12)58-62(43,44)45)56-15-11(31)16(59-63(46,47)48)21(36)53-17(15)19(32)33/h3-18,21-24,27-31,36H,1-2,25-26H2,(H,32,33)(H,34,35)(H,37,38,39)(H,40,41,42)(H,43,44,45)(H,46,47,48)/t3-,4-,5-,6-,7-,8-,9-,10-,11+,12-,13-,14+,15+,16-,17-,18+,21-,22-,23-,24-/m1/s1. The number of rotatable bonds is 18. The maximum Gasteiger partial charge on any atom is 0.397 e. The fourth-order valence-corrected chi connectivity index (χ4v) is 7.95. The molecule has 63 heavy (non-hydrogen) atoms. The molecule has 368 valence electrons. The minimum Gasteiger partial charge on any atom is -0.479 e. The Bertz CT molecular complexity index is 2060. The maximum atomic E-state index is 12.4. The molecule has 0 aromatic heterocycles. The number of nitrogens with two attached hydrogens (primary N) is 2. The van der Waals surface area contributed by atoms with E-state index < -0.39 is 189 Å². The number of hydrogen-bond acceptors (Lipinski definition) is 29. The second-order valence-electron chi connectivity index (χ2n) is 13.4. The van der Waals surface area contributed by atoms with Gasteiger partial charge < -0.3 is 85.5 Å². The molecule has 0 aliphatic carbocycles. The van der Waals surface area contributed by atoms with Crippen LogP contribution < -0.4 is 11.5 Å². The van der Waals surface area contributed by atoms with Gasteiger partial charge in [-0.15, -0.1) is 0 Å². The lowest BCUT2D eigenvalue weighted by molar-refractivity contribution is -0.366. The third-order valence-electron chi connectivity index (χ3n) is 9.11. The molecule has 4 rings (SSSR count). The summed E-state index contributed by atoms with van der Waals surface area (Å²) in [7, 11) is -22.1. The summed E-state index contributed by atoms with van der Waals surface area (Å²) >= 11 is 0. The Morgan fingerprint density at radius 2 is 0.889 bits per heavy atom. The summed E-state index contributed by atoms with van der Waals surface area (Å²) in [4.78, 5) is 24.4. The third kappa shape index (κ3) is 13.9. The Balaban J connectivity index is 1.67. The summed E-state index contributed by atoms with van der Waals surface area (Å²) in [5.41, 5.74) is 11.9. The van der Waals surface area contributed by atoms with Gasteiger partial charge in [-0.3, -0.25) is 18.2 Å². The lowest BCUT2D eigenvalue weighted by Gasteiger charge is -2.49. The van der Waals surface area contributed by atoms with Crippen LogP contribution >= 0.6 is 0 Å². The molecule has 4 aliphatic rings. The zero-order valence-corrected chi connectivity index (χ0v) is 34.0. The van der Waals surface area contributed by atoms with Crippen molar-refractivity contribution in [2.24, 2.45) is 11.5 Å². The smallest absolute Gasteiger partial charge is 0.397 e. The summed E-state index contributed by atoms with van der Waals surface area (Å²) < 4.78 is 183. The predicted molar refractivity (Wildman–Crippen MR) is 181 cm³/mol. The number of carbonyl (C=O) groups is 2. The second-order valence-corrected chi connectivity index (χ2v) is 17.7. The normalized spacial score (nSPS) is 42.1. The molecule has 4 fully saturated rings. The van der Waals surface area contributed by atoms with Gasteiger partial charge in [-0.2, -0.15) is 33.7 Å². The zero-order chi connectivity index (χ0) is 47.9. The van der Waals surface area contributed by atoms with E-state index in [1.54, 1.807) is 0 Å².